The molecule has 78 valence electrons. The normalized spacial score (nSPS) is 20.5. The van der Waals surface area contributed by atoms with Gasteiger partial charge in [-0.1, -0.05) is 12.1 Å². The molecule has 1 aliphatic rings. The molecule has 3 rings (SSSR count). The van der Waals surface area contributed by atoms with E-state index in [0.29, 0.717) is 0 Å². The number of hydrogen-bond donors (Lipinski definition) is 1. The smallest absolute Gasteiger partial charge is 0.0485 e. The van der Waals surface area contributed by atoms with E-state index in [4.69, 9.17) is 5.73 Å². The first-order valence-electron chi connectivity index (χ1n) is 5.62. The van der Waals surface area contributed by atoms with Crippen LogP contribution in [0.4, 0.5) is 0 Å². The predicted molar refractivity (Wildman–Crippen MR) is 62.8 cm³/mol. The molecule has 1 atom stereocenters. The lowest BCUT2D eigenvalue weighted by atomic mass is 10.1. The van der Waals surface area contributed by atoms with Crippen LogP contribution >= 0.6 is 0 Å². The summed E-state index contributed by atoms with van der Waals surface area (Å²) in [5.41, 5.74) is 10.1. The van der Waals surface area contributed by atoms with Crippen molar-refractivity contribution in [3.05, 3.63) is 35.5 Å². The van der Waals surface area contributed by atoms with Gasteiger partial charge in [0.2, 0.25) is 0 Å². The van der Waals surface area contributed by atoms with Crippen LogP contribution in [0.3, 0.4) is 0 Å². The van der Waals surface area contributed by atoms with Crippen molar-refractivity contribution < 1.29 is 0 Å². The van der Waals surface area contributed by atoms with Crippen LogP contribution in [-0.4, -0.2) is 4.57 Å². The van der Waals surface area contributed by atoms with E-state index in [0.717, 1.165) is 13.0 Å². The minimum Gasteiger partial charge on any atom is -0.343 e. The van der Waals surface area contributed by atoms with E-state index < -0.39 is 0 Å². The summed E-state index contributed by atoms with van der Waals surface area (Å²) < 4.78 is 2.39. The summed E-state index contributed by atoms with van der Waals surface area (Å²) in [6, 6.07) is 8.99. The Morgan fingerprint density at radius 1 is 1.40 bits per heavy atom. The zero-order valence-corrected chi connectivity index (χ0v) is 9.03. The van der Waals surface area contributed by atoms with Crippen LogP contribution < -0.4 is 5.73 Å². The van der Waals surface area contributed by atoms with Crippen LogP contribution in [-0.2, 0) is 6.54 Å². The summed E-state index contributed by atoms with van der Waals surface area (Å²) in [6.07, 6.45) is 2.32. The third-order valence-corrected chi connectivity index (χ3v) is 3.47. The number of aromatic nitrogens is 1. The molecular formula is C13H16N2. The third kappa shape index (κ3) is 1.21. The molecule has 2 heteroatoms. The predicted octanol–water partition coefficient (Wildman–Crippen LogP) is 2.74. The fourth-order valence-electron chi connectivity index (χ4n) is 2.63. The van der Waals surface area contributed by atoms with Crippen LogP contribution in [0.15, 0.2) is 24.3 Å². The van der Waals surface area contributed by atoms with Crippen molar-refractivity contribution >= 4 is 10.9 Å². The molecule has 1 aromatic carbocycles. The largest absolute Gasteiger partial charge is 0.343 e. The monoisotopic (exact) mass is 200 g/mol. The van der Waals surface area contributed by atoms with Gasteiger partial charge in [-0.25, -0.2) is 0 Å². The van der Waals surface area contributed by atoms with Gasteiger partial charge >= 0.3 is 0 Å². The molecule has 0 amide bonds. The zero-order chi connectivity index (χ0) is 10.4. The van der Waals surface area contributed by atoms with Crippen molar-refractivity contribution in [2.24, 2.45) is 5.73 Å². The molecule has 15 heavy (non-hydrogen) atoms. The Kier molecular flexibility index (Phi) is 1.86. The Bertz CT molecular complexity index is 510. The van der Waals surface area contributed by atoms with Crippen molar-refractivity contribution in [2.45, 2.75) is 32.4 Å². The van der Waals surface area contributed by atoms with Gasteiger partial charge in [0.25, 0.3) is 0 Å². The summed E-state index contributed by atoms with van der Waals surface area (Å²) in [5.74, 6) is 0. The summed E-state index contributed by atoms with van der Waals surface area (Å²) >= 11 is 0. The number of aryl methyl sites for hydroxylation is 2. The van der Waals surface area contributed by atoms with Crippen molar-refractivity contribution in [1.29, 1.82) is 0 Å². The SMILES string of the molecule is Cc1cccc2c1cc1n2CCCC1N. The topological polar surface area (TPSA) is 30.9 Å². The summed E-state index contributed by atoms with van der Waals surface area (Å²) in [7, 11) is 0. The fourth-order valence-corrected chi connectivity index (χ4v) is 2.63. The maximum atomic E-state index is 6.14. The van der Waals surface area contributed by atoms with Crippen LogP contribution in [0.5, 0.6) is 0 Å². The number of nitrogens with two attached hydrogens (primary N) is 1. The van der Waals surface area contributed by atoms with E-state index in [2.05, 4.69) is 35.8 Å². The van der Waals surface area contributed by atoms with Crippen LogP contribution in [0.25, 0.3) is 10.9 Å². The molecule has 1 unspecified atom stereocenters. The number of hydrogen-bond acceptors (Lipinski definition) is 1. The van der Waals surface area contributed by atoms with Crippen molar-refractivity contribution in [3.8, 4) is 0 Å². The molecule has 0 fully saturated rings. The standard InChI is InChI=1S/C13H16N2/c1-9-4-2-6-12-10(9)8-13-11(14)5-3-7-15(12)13/h2,4,6,8,11H,3,5,7,14H2,1H3. The average molecular weight is 200 g/mol. The van der Waals surface area contributed by atoms with Crippen LogP contribution in [0.2, 0.25) is 0 Å². The molecule has 0 aliphatic carbocycles. The van der Waals surface area contributed by atoms with E-state index in [1.807, 2.05) is 0 Å². The van der Waals surface area contributed by atoms with E-state index in [1.54, 1.807) is 0 Å². The number of nitrogens with zero attached hydrogens (tertiary/aromatic N) is 1. The Balaban J connectivity index is 2.35. The summed E-state index contributed by atoms with van der Waals surface area (Å²) in [4.78, 5) is 0. The molecule has 2 heterocycles. The second-order valence-electron chi connectivity index (χ2n) is 4.48. The molecule has 2 nitrogen and oxygen atoms in total. The summed E-state index contributed by atoms with van der Waals surface area (Å²) in [5, 5.41) is 1.37. The molecule has 0 bridgehead atoms. The second-order valence-corrected chi connectivity index (χ2v) is 4.48. The van der Waals surface area contributed by atoms with Gasteiger partial charge in [0.15, 0.2) is 0 Å². The number of benzene rings is 1. The first-order chi connectivity index (χ1) is 7.27. The highest BCUT2D eigenvalue weighted by atomic mass is 15.0. The van der Waals surface area contributed by atoms with Gasteiger partial charge in [-0.05, 0) is 37.5 Å². The minimum absolute atomic E-state index is 0.227. The maximum absolute atomic E-state index is 6.14. The van der Waals surface area contributed by atoms with Crippen molar-refractivity contribution in [1.82, 2.24) is 4.57 Å². The quantitative estimate of drug-likeness (QED) is 0.696. The molecule has 0 saturated heterocycles. The van der Waals surface area contributed by atoms with Crippen molar-refractivity contribution in [3.63, 3.8) is 0 Å². The van der Waals surface area contributed by atoms with E-state index in [-0.39, 0.29) is 6.04 Å². The molecule has 1 aromatic heterocycles. The fraction of sp³-hybridized carbons (Fsp3) is 0.385. The van der Waals surface area contributed by atoms with Gasteiger partial charge in [0.05, 0.1) is 0 Å². The van der Waals surface area contributed by atoms with Crippen molar-refractivity contribution in [2.75, 3.05) is 0 Å². The molecule has 2 N–H and O–H groups in total. The second kappa shape index (κ2) is 3.11. The van der Waals surface area contributed by atoms with Gasteiger partial charge < -0.3 is 10.3 Å². The maximum Gasteiger partial charge on any atom is 0.0485 e. The molecule has 0 radical (unpaired) electrons. The molecule has 0 spiro atoms. The van der Waals surface area contributed by atoms with Crippen LogP contribution in [0, 0.1) is 6.92 Å². The Morgan fingerprint density at radius 2 is 2.27 bits per heavy atom. The first-order valence-corrected chi connectivity index (χ1v) is 5.62. The van der Waals surface area contributed by atoms with Gasteiger partial charge in [0.1, 0.15) is 0 Å². The van der Waals surface area contributed by atoms with Gasteiger partial charge in [-0.15, -0.1) is 0 Å². The van der Waals surface area contributed by atoms with Gasteiger partial charge in [-0.3, -0.25) is 0 Å². The first kappa shape index (κ1) is 8.98. The third-order valence-electron chi connectivity index (χ3n) is 3.47. The minimum atomic E-state index is 0.227. The Hall–Kier alpha value is -1.28. The molecule has 2 aromatic rings. The highest BCUT2D eigenvalue weighted by molar-refractivity contribution is 5.84. The Morgan fingerprint density at radius 3 is 3.13 bits per heavy atom. The average Bonchev–Trinajstić information content (AvgIpc) is 2.60. The summed E-state index contributed by atoms with van der Waals surface area (Å²) in [6.45, 7) is 3.29. The van der Waals surface area contributed by atoms with E-state index in [1.165, 1.54) is 28.6 Å². The highest BCUT2D eigenvalue weighted by Crippen LogP contribution is 2.31. The molecular weight excluding hydrogens is 184 g/mol. The van der Waals surface area contributed by atoms with Gasteiger partial charge in [0, 0.05) is 29.2 Å². The number of rotatable bonds is 0. The zero-order valence-electron chi connectivity index (χ0n) is 9.03. The lowest BCUT2D eigenvalue weighted by Crippen LogP contribution is -2.20. The number of fused-ring (bicyclic) bond motifs is 3. The lowest BCUT2D eigenvalue weighted by Gasteiger charge is -2.21. The lowest BCUT2D eigenvalue weighted by molar-refractivity contribution is 0.471. The molecule has 1 aliphatic heterocycles. The Labute approximate surface area is 89.7 Å². The van der Waals surface area contributed by atoms with Crippen LogP contribution in [0.1, 0.15) is 30.1 Å². The van der Waals surface area contributed by atoms with Gasteiger partial charge in [-0.2, -0.15) is 0 Å². The highest BCUT2D eigenvalue weighted by Gasteiger charge is 2.19. The van der Waals surface area contributed by atoms with E-state index in [9.17, 15) is 0 Å². The van der Waals surface area contributed by atoms with E-state index >= 15 is 0 Å². The molecule has 0 saturated carbocycles.